The SMILES string of the molecule is CCC1CC(=O)COC1OC(=O)C(C)C. The summed E-state index contributed by atoms with van der Waals surface area (Å²) >= 11 is 0. The Balaban J connectivity index is 2.52. The zero-order valence-electron chi connectivity index (χ0n) is 9.49. The lowest BCUT2D eigenvalue weighted by Gasteiger charge is -2.30. The van der Waals surface area contributed by atoms with Crippen molar-refractivity contribution >= 4 is 11.8 Å². The molecule has 0 aliphatic carbocycles. The first-order valence-corrected chi connectivity index (χ1v) is 5.38. The normalized spacial score (nSPS) is 26.8. The van der Waals surface area contributed by atoms with E-state index in [2.05, 4.69) is 0 Å². The van der Waals surface area contributed by atoms with Gasteiger partial charge in [0.2, 0.25) is 6.29 Å². The van der Waals surface area contributed by atoms with Crippen LogP contribution in [-0.4, -0.2) is 24.6 Å². The molecule has 2 atom stereocenters. The minimum absolute atomic E-state index is 0.00829. The summed E-state index contributed by atoms with van der Waals surface area (Å²) in [5, 5.41) is 0. The monoisotopic (exact) mass is 214 g/mol. The molecule has 0 aromatic carbocycles. The van der Waals surface area contributed by atoms with Crippen LogP contribution in [0.5, 0.6) is 0 Å². The maximum Gasteiger partial charge on any atom is 0.310 e. The standard InChI is InChI=1S/C11H18O4/c1-4-8-5-9(12)6-14-11(8)15-10(13)7(2)3/h7-8,11H,4-6H2,1-3H3. The van der Waals surface area contributed by atoms with Crippen LogP contribution in [-0.2, 0) is 19.1 Å². The first-order chi connectivity index (χ1) is 7.04. The molecule has 1 aliphatic heterocycles. The van der Waals surface area contributed by atoms with Crippen molar-refractivity contribution in [2.45, 2.75) is 39.9 Å². The van der Waals surface area contributed by atoms with E-state index in [0.29, 0.717) is 6.42 Å². The zero-order valence-corrected chi connectivity index (χ0v) is 9.49. The number of ketones is 1. The third-order valence-electron chi connectivity index (χ3n) is 2.51. The summed E-state index contributed by atoms with van der Waals surface area (Å²) in [6.07, 6.45) is 0.691. The average molecular weight is 214 g/mol. The van der Waals surface area contributed by atoms with Crippen molar-refractivity contribution < 1.29 is 19.1 Å². The highest BCUT2D eigenvalue weighted by Gasteiger charge is 2.32. The summed E-state index contributed by atoms with van der Waals surface area (Å²) in [4.78, 5) is 22.5. The number of carbonyl (C=O) groups excluding carboxylic acids is 2. The van der Waals surface area contributed by atoms with Crippen LogP contribution in [0, 0.1) is 11.8 Å². The average Bonchev–Trinajstić information content (AvgIpc) is 2.20. The molecule has 0 radical (unpaired) electrons. The second-order valence-electron chi connectivity index (χ2n) is 4.18. The number of rotatable bonds is 3. The van der Waals surface area contributed by atoms with Gasteiger partial charge in [0, 0.05) is 12.3 Å². The molecule has 0 N–H and O–H groups in total. The Morgan fingerprint density at radius 2 is 2.27 bits per heavy atom. The van der Waals surface area contributed by atoms with Gasteiger partial charge in [0.15, 0.2) is 5.78 Å². The van der Waals surface area contributed by atoms with Gasteiger partial charge in [-0.05, 0) is 6.42 Å². The van der Waals surface area contributed by atoms with Crippen LogP contribution in [0.3, 0.4) is 0 Å². The van der Waals surface area contributed by atoms with Crippen molar-refractivity contribution in [1.29, 1.82) is 0 Å². The third-order valence-corrected chi connectivity index (χ3v) is 2.51. The van der Waals surface area contributed by atoms with E-state index >= 15 is 0 Å². The number of esters is 1. The Labute approximate surface area is 89.9 Å². The highest BCUT2D eigenvalue weighted by Crippen LogP contribution is 2.23. The Hall–Kier alpha value is -0.900. The molecule has 1 heterocycles. The molecule has 0 aromatic rings. The smallest absolute Gasteiger partial charge is 0.310 e. The van der Waals surface area contributed by atoms with Crippen LogP contribution >= 0.6 is 0 Å². The van der Waals surface area contributed by atoms with E-state index in [1.807, 2.05) is 6.92 Å². The number of ether oxygens (including phenoxy) is 2. The van der Waals surface area contributed by atoms with Gasteiger partial charge in [0.25, 0.3) is 0 Å². The fraction of sp³-hybridized carbons (Fsp3) is 0.818. The number of hydrogen-bond donors (Lipinski definition) is 0. The Kier molecular flexibility index (Phi) is 4.27. The summed E-state index contributed by atoms with van der Waals surface area (Å²) in [6, 6.07) is 0. The molecule has 4 nitrogen and oxygen atoms in total. The molecule has 0 saturated carbocycles. The van der Waals surface area contributed by atoms with Crippen molar-refractivity contribution in [3.8, 4) is 0 Å². The highest BCUT2D eigenvalue weighted by atomic mass is 16.7. The van der Waals surface area contributed by atoms with Crippen LogP contribution in [0.1, 0.15) is 33.6 Å². The minimum atomic E-state index is -0.539. The van der Waals surface area contributed by atoms with E-state index in [-0.39, 0.29) is 30.2 Å². The molecule has 86 valence electrons. The van der Waals surface area contributed by atoms with Crippen molar-refractivity contribution in [3.05, 3.63) is 0 Å². The van der Waals surface area contributed by atoms with Crippen molar-refractivity contribution in [3.63, 3.8) is 0 Å². The van der Waals surface area contributed by atoms with Crippen molar-refractivity contribution in [2.24, 2.45) is 11.8 Å². The molecular formula is C11H18O4. The van der Waals surface area contributed by atoms with Crippen LogP contribution in [0.4, 0.5) is 0 Å². The Morgan fingerprint density at radius 1 is 1.60 bits per heavy atom. The molecule has 1 aliphatic rings. The number of hydrogen-bond acceptors (Lipinski definition) is 4. The largest absolute Gasteiger partial charge is 0.435 e. The molecule has 0 amide bonds. The summed E-state index contributed by atoms with van der Waals surface area (Å²) in [5.41, 5.74) is 0. The van der Waals surface area contributed by atoms with Gasteiger partial charge < -0.3 is 9.47 Å². The molecular weight excluding hydrogens is 196 g/mol. The van der Waals surface area contributed by atoms with Crippen LogP contribution in [0.15, 0.2) is 0 Å². The van der Waals surface area contributed by atoms with Gasteiger partial charge in [-0.25, -0.2) is 0 Å². The second kappa shape index (κ2) is 5.26. The predicted octanol–water partition coefficient (Wildman–Crippen LogP) is 1.53. The van der Waals surface area contributed by atoms with Gasteiger partial charge in [0.1, 0.15) is 6.61 Å². The van der Waals surface area contributed by atoms with Gasteiger partial charge in [-0.15, -0.1) is 0 Å². The van der Waals surface area contributed by atoms with Gasteiger partial charge >= 0.3 is 5.97 Å². The van der Waals surface area contributed by atoms with E-state index in [9.17, 15) is 9.59 Å². The summed E-state index contributed by atoms with van der Waals surface area (Å²) in [6.45, 7) is 5.57. The molecule has 4 heteroatoms. The predicted molar refractivity (Wildman–Crippen MR) is 54.1 cm³/mol. The maximum atomic E-state index is 11.4. The molecule has 15 heavy (non-hydrogen) atoms. The van der Waals surface area contributed by atoms with Gasteiger partial charge in [-0.2, -0.15) is 0 Å². The minimum Gasteiger partial charge on any atom is -0.435 e. The van der Waals surface area contributed by atoms with E-state index in [1.165, 1.54) is 0 Å². The third kappa shape index (κ3) is 3.30. The fourth-order valence-corrected chi connectivity index (χ4v) is 1.48. The lowest BCUT2D eigenvalue weighted by molar-refractivity contribution is -0.205. The summed E-state index contributed by atoms with van der Waals surface area (Å²) in [7, 11) is 0. The molecule has 0 aromatic heterocycles. The fourth-order valence-electron chi connectivity index (χ4n) is 1.48. The van der Waals surface area contributed by atoms with E-state index in [1.54, 1.807) is 13.8 Å². The lowest BCUT2D eigenvalue weighted by Crippen LogP contribution is -2.38. The molecule has 1 rings (SSSR count). The molecule has 0 bridgehead atoms. The van der Waals surface area contributed by atoms with E-state index < -0.39 is 6.29 Å². The van der Waals surface area contributed by atoms with Crippen LogP contribution in [0.2, 0.25) is 0 Å². The topological polar surface area (TPSA) is 52.6 Å². The first kappa shape index (κ1) is 12.2. The van der Waals surface area contributed by atoms with E-state index in [0.717, 1.165) is 6.42 Å². The quantitative estimate of drug-likeness (QED) is 0.668. The maximum absolute atomic E-state index is 11.4. The second-order valence-corrected chi connectivity index (χ2v) is 4.18. The molecule has 1 saturated heterocycles. The summed E-state index contributed by atoms with van der Waals surface area (Å²) < 4.78 is 10.4. The van der Waals surface area contributed by atoms with Gasteiger partial charge in [-0.1, -0.05) is 20.8 Å². The van der Waals surface area contributed by atoms with Crippen LogP contribution in [0.25, 0.3) is 0 Å². The number of Topliss-reactive ketones (excluding diaryl/α,β-unsaturated/α-hetero) is 1. The Bertz CT molecular complexity index is 247. The Morgan fingerprint density at radius 3 is 2.80 bits per heavy atom. The van der Waals surface area contributed by atoms with Crippen molar-refractivity contribution in [2.75, 3.05) is 6.61 Å². The van der Waals surface area contributed by atoms with Gasteiger partial charge in [0.05, 0.1) is 5.92 Å². The molecule has 2 unspecified atom stereocenters. The summed E-state index contributed by atoms with van der Waals surface area (Å²) in [5.74, 6) is -0.343. The first-order valence-electron chi connectivity index (χ1n) is 5.38. The van der Waals surface area contributed by atoms with Crippen molar-refractivity contribution in [1.82, 2.24) is 0 Å². The number of carbonyl (C=O) groups is 2. The lowest BCUT2D eigenvalue weighted by atomic mass is 9.97. The van der Waals surface area contributed by atoms with E-state index in [4.69, 9.17) is 9.47 Å². The highest BCUT2D eigenvalue weighted by molar-refractivity contribution is 5.80. The van der Waals surface area contributed by atoms with Gasteiger partial charge in [-0.3, -0.25) is 9.59 Å². The van der Waals surface area contributed by atoms with Crippen LogP contribution < -0.4 is 0 Å². The molecule has 0 spiro atoms. The molecule has 1 fully saturated rings. The zero-order chi connectivity index (χ0) is 11.4.